The van der Waals surface area contributed by atoms with Gasteiger partial charge < -0.3 is 9.67 Å². The molecule has 1 aliphatic rings. The summed E-state index contributed by atoms with van der Waals surface area (Å²) in [7, 11) is 0. The molecule has 0 saturated heterocycles. The van der Waals surface area contributed by atoms with E-state index in [1.807, 2.05) is 24.3 Å². The van der Waals surface area contributed by atoms with Crippen LogP contribution in [0.3, 0.4) is 0 Å². The van der Waals surface area contributed by atoms with Gasteiger partial charge in [-0.15, -0.1) is 0 Å². The fraction of sp³-hybridized carbons (Fsp3) is 0.107. The highest BCUT2D eigenvalue weighted by atomic mass is 35.5. The molecule has 0 aliphatic carbocycles. The number of halogens is 1. The number of allylic oxidation sites excluding steroid dienone is 1. The Morgan fingerprint density at radius 3 is 2.54 bits per heavy atom. The zero-order chi connectivity index (χ0) is 25.8. The summed E-state index contributed by atoms with van der Waals surface area (Å²) in [4.78, 5) is 36.4. The number of hydrogen-bond donors (Lipinski definition) is 1. The van der Waals surface area contributed by atoms with E-state index in [4.69, 9.17) is 21.6 Å². The van der Waals surface area contributed by atoms with Gasteiger partial charge in [0.15, 0.2) is 5.65 Å². The number of imide groups is 1. The van der Waals surface area contributed by atoms with E-state index in [1.54, 1.807) is 60.9 Å². The summed E-state index contributed by atoms with van der Waals surface area (Å²) in [5.74, 6) is -0.842. The SMILES string of the molecule is CC1=NN(C(=O)Cn2c3ccccc3c3nc4cc(Cl)ccc4nc32)C(=O)C1=C(C)c1ccc(O)cc1. The number of hydrazone groups is 1. The highest BCUT2D eigenvalue weighted by molar-refractivity contribution is 6.31. The number of benzene rings is 3. The normalized spacial score (nSPS) is 15.2. The second-order valence-electron chi connectivity index (χ2n) is 8.88. The molecular weight excluding hydrogens is 490 g/mol. The Morgan fingerprint density at radius 1 is 1.00 bits per heavy atom. The fourth-order valence-electron chi connectivity index (χ4n) is 4.74. The largest absolute Gasteiger partial charge is 0.508 e. The first-order valence-electron chi connectivity index (χ1n) is 11.6. The molecule has 0 bridgehead atoms. The van der Waals surface area contributed by atoms with E-state index >= 15 is 0 Å². The molecule has 3 heterocycles. The highest BCUT2D eigenvalue weighted by Gasteiger charge is 2.34. The van der Waals surface area contributed by atoms with Gasteiger partial charge in [0.1, 0.15) is 17.8 Å². The summed E-state index contributed by atoms with van der Waals surface area (Å²) in [6.45, 7) is 3.35. The molecule has 0 radical (unpaired) electrons. The molecule has 6 rings (SSSR count). The van der Waals surface area contributed by atoms with E-state index in [1.165, 1.54) is 0 Å². The van der Waals surface area contributed by atoms with Crippen LogP contribution in [0.5, 0.6) is 5.75 Å². The lowest BCUT2D eigenvalue weighted by atomic mass is 9.98. The van der Waals surface area contributed by atoms with Crippen LogP contribution >= 0.6 is 11.6 Å². The molecule has 9 heteroatoms. The number of fused-ring (bicyclic) bond motifs is 4. The van der Waals surface area contributed by atoms with Crippen molar-refractivity contribution >= 4 is 67.8 Å². The topological polar surface area (TPSA) is 101 Å². The average Bonchev–Trinajstić information content (AvgIpc) is 3.35. The van der Waals surface area contributed by atoms with Gasteiger partial charge in [-0.3, -0.25) is 9.59 Å². The Bertz CT molecular complexity index is 1840. The molecule has 0 spiro atoms. The van der Waals surface area contributed by atoms with Gasteiger partial charge in [-0.1, -0.05) is 41.9 Å². The van der Waals surface area contributed by atoms with Crippen LogP contribution in [0, 0.1) is 0 Å². The van der Waals surface area contributed by atoms with E-state index in [-0.39, 0.29) is 12.3 Å². The van der Waals surface area contributed by atoms with Crippen LogP contribution < -0.4 is 0 Å². The summed E-state index contributed by atoms with van der Waals surface area (Å²) in [6, 6.07) is 19.4. The number of amides is 2. The number of carbonyl (C=O) groups is 2. The van der Waals surface area contributed by atoms with Crippen LogP contribution in [-0.2, 0) is 16.1 Å². The van der Waals surface area contributed by atoms with E-state index < -0.39 is 11.8 Å². The maximum absolute atomic E-state index is 13.5. The van der Waals surface area contributed by atoms with E-state index in [0.717, 1.165) is 21.5 Å². The summed E-state index contributed by atoms with van der Waals surface area (Å²) < 4.78 is 1.76. The van der Waals surface area contributed by atoms with E-state index in [9.17, 15) is 14.7 Å². The lowest BCUT2D eigenvalue weighted by Gasteiger charge is -2.13. The molecule has 37 heavy (non-hydrogen) atoms. The Labute approximate surface area is 216 Å². The van der Waals surface area contributed by atoms with Crippen LogP contribution in [0.1, 0.15) is 19.4 Å². The third-order valence-corrected chi connectivity index (χ3v) is 6.77. The zero-order valence-corrected chi connectivity index (χ0v) is 20.7. The molecule has 3 aromatic carbocycles. The van der Waals surface area contributed by atoms with Crippen molar-refractivity contribution in [3.05, 3.63) is 82.9 Å². The maximum atomic E-state index is 13.5. The molecule has 5 aromatic rings. The van der Waals surface area contributed by atoms with Gasteiger partial charge >= 0.3 is 0 Å². The van der Waals surface area contributed by atoms with Crippen LogP contribution in [0.2, 0.25) is 5.02 Å². The van der Waals surface area contributed by atoms with Gasteiger partial charge in [-0.05, 0) is 61.4 Å². The van der Waals surface area contributed by atoms with Gasteiger partial charge in [-0.25, -0.2) is 9.97 Å². The predicted octanol–water partition coefficient (Wildman–Crippen LogP) is 5.32. The lowest BCUT2D eigenvalue weighted by molar-refractivity contribution is -0.141. The monoisotopic (exact) mass is 509 g/mol. The first-order chi connectivity index (χ1) is 17.8. The molecule has 0 saturated carbocycles. The molecule has 0 fully saturated rings. The Hall–Kier alpha value is -4.56. The third-order valence-electron chi connectivity index (χ3n) is 6.54. The maximum Gasteiger partial charge on any atom is 0.283 e. The number of hydrogen-bond acceptors (Lipinski definition) is 6. The predicted molar refractivity (Wildman–Crippen MR) is 143 cm³/mol. The first kappa shape index (κ1) is 22.9. The number of para-hydroxylation sites is 1. The number of aromatic nitrogens is 3. The molecule has 0 atom stereocenters. The molecule has 8 nitrogen and oxygen atoms in total. The van der Waals surface area contributed by atoms with Crippen molar-refractivity contribution in [3.8, 4) is 5.75 Å². The molecule has 1 N–H and O–H groups in total. The molecule has 2 aromatic heterocycles. The number of nitrogens with zero attached hydrogens (tertiary/aromatic N) is 5. The van der Waals surface area contributed by atoms with Crippen LogP contribution in [0.15, 0.2) is 77.4 Å². The minimum Gasteiger partial charge on any atom is -0.508 e. The second-order valence-corrected chi connectivity index (χ2v) is 9.31. The minimum atomic E-state index is -0.487. The lowest BCUT2D eigenvalue weighted by Crippen LogP contribution is -2.32. The smallest absolute Gasteiger partial charge is 0.283 e. The van der Waals surface area contributed by atoms with Crippen molar-refractivity contribution in [2.24, 2.45) is 5.10 Å². The fourth-order valence-corrected chi connectivity index (χ4v) is 4.90. The van der Waals surface area contributed by atoms with Crippen LogP contribution in [0.25, 0.3) is 38.7 Å². The number of rotatable bonds is 3. The Kier molecular flexibility index (Phi) is 5.27. The number of aromatic hydroxyl groups is 1. The first-order valence-corrected chi connectivity index (χ1v) is 12.0. The molecule has 182 valence electrons. The number of carbonyl (C=O) groups excluding carboxylic acids is 2. The van der Waals surface area contributed by atoms with Crippen molar-refractivity contribution in [2.75, 3.05) is 0 Å². The Morgan fingerprint density at radius 2 is 1.76 bits per heavy atom. The van der Waals surface area contributed by atoms with Crippen LogP contribution in [0.4, 0.5) is 0 Å². The van der Waals surface area contributed by atoms with Gasteiger partial charge in [-0.2, -0.15) is 10.1 Å². The van der Waals surface area contributed by atoms with Gasteiger partial charge in [0.2, 0.25) is 0 Å². The summed E-state index contributed by atoms with van der Waals surface area (Å²) >= 11 is 6.16. The van der Waals surface area contributed by atoms with Gasteiger partial charge in [0.05, 0.1) is 27.8 Å². The van der Waals surface area contributed by atoms with Crippen LogP contribution in [-0.4, -0.2) is 42.2 Å². The summed E-state index contributed by atoms with van der Waals surface area (Å²) in [5, 5.41) is 16.2. The van der Waals surface area contributed by atoms with Gasteiger partial charge in [0, 0.05) is 10.4 Å². The average molecular weight is 510 g/mol. The molecule has 2 amide bonds. The minimum absolute atomic E-state index is 0.131. The molecular formula is C28H20ClN5O3. The molecule has 1 aliphatic heterocycles. The van der Waals surface area contributed by atoms with Crippen molar-refractivity contribution in [1.82, 2.24) is 19.5 Å². The van der Waals surface area contributed by atoms with Gasteiger partial charge in [0.25, 0.3) is 11.8 Å². The highest BCUT2D eigenvalue weighted by Crippen LogP contribution is 2.30. The second kappa shape index (κ2) is 8.53. The standard InChI is InChI=1S/C28H20ClN5O3/c1-15(17-7-10-19(35)11-8-17)25-16(2)32-34(28(25)37)24(36)14-33-23-6-4-3-5-20(23)26-27(33)31-21-12-9-18(29)13-22(21)30-26/h3-13,35H,14H2,1-2H3. The third kappa shape index (κ3) is 3.73. The van der Waals surface area contributed by atoms with Crippen molar-refractivity contribution in [3.63, 3.8) is 0 Å². The Balaban J connectivity index is 1.41. The van der Waals surface area contributed by atoms with Crippen molar-refractivity contribution in [1.29, 1.82) is 0 Å². The number of phenols is 1. The summed E-state index contributed by atoms with van der Waals surface area (Å²) in [6.07, 6.45) is 0. The van der Waals surface area contributed by atoms with Crippen molar-refractivity contribution in [2.45, 2.75) is 20.4 Å². The van der Waals surface area contributed by atoms with Crippen molar-refractivity contribution < 1.29 is 14.7 Å². The molecule has 0 unspecified atom stereocenters. The van der Waals surface area contributed by atoms with E-state index in [2.05, 4.69) is 5.10 Å². The quantitative estimate of drug-likeness (QED) is 0.332. The van der Waals surface area contributed by atoms with E-state index in [0.29, 0.717) is 44.1 Å². The summed E-state index contributed by atoms with van der Waals surface area (Å²) in [5.41, 5.74) is 5.51. The zero-order valence-electron chi connectivity index (χ0n) is 19.9. The number of phenolic OH excluding ortho intramolecular Hbond substituents is 1.